The van der Waals surface area contributed by atoms with Gasteiger partial charge in [-0.25, -0.2) is 0 Å². The molecule has 0 bridgehead atoms. The highest BCUT2D eigenvalue weighted by atomic mass is 16.5. The molecular weight excluding hydrogens is 392 g/mol. The van der Waals surface area contributed by atoms with Gasteiger partial charge >= 0.3 is 5.97 Å². The Hall–Kier alpha value is -3.38. The molecule has 2 aromatic carbocycles. The fourth-order valence-electron chi connectivity index (χ4n) is 4.14. The number of benzene rings is 2. The zero-order valence-electron chi connectivity index (χ0n) is 17.5. The number of hydrogen-bond donors (Lipinski definition) is 1. The second-order valence-corrected chi connectivity index (χ2v) is 7.58. The highest BCUT2D eigenvalue weighted by Gasteiger charge is 2.37. The van der Waals surface area contributed by atoms with Gasteiger partial charge in [0.2, 0.25) is 0 Å². The first-order chi connectivity index (χ1) is 15.2. The van der Waals surface area contributed by atoms with Gasteiger partial charge in [0.05, 0.1) is 18.8 Å². The molecule has 3 aromatic rings. The normalized spacial score (nSPS) is 17.3. The second-order valence-electron chi connectivity index (χ2n) is 7.58. The summed E-state index contributed by atoms with van der Waals surface area (Å²) in [6.45, 7) is 1.14. The molecule has 31 heavy (non-hydrogen) atoms. The van der Waals surface area contributed by atoms with E-state index in [1.54, 1.807) is 13.3 Å². The second kappa shape index (κ2) is 9.62. The molecule has 1 saturated heterocycles. The summed E-state index contributed by atoms with van der Waals surface area (Å²) in [5, 5.41) is 9.74. The fraction of sp³-hybridized carbons (Fsp3) is 0.280. The molecule has 1 aromatic heterocycles. The number of carboxylic acids is 1. The summed E-state index contributed by atoms with van der Waals surface area (Å²) in [7, 11) is 1.61. The van der Waals surface area contributed by atoms with Crippen LogP contribution in [0.2, 0.25) is 0 Å². The van der Waals surface area contributed by atoms with Crippen LogP contribution in [0.5, 0.6) is 11.5 Å². The number of hydrogen-bond acceptors (Lipinski definition) is 5. The molecule has 2 atom stereocenters. The Bertz CT molecular complexity index is 1010. The number of pyridine rings is 1. The van der Waals surface area contributed by atoms with Gasteiger partial charge in [-0.05, 0) is 48.2 Å². The average Bonchev–Trinajstić information content (AvgIpc) is 3.29. The first-order valence-corrected chi connectivity index (χ1v) is 10.4. The van der Waals surface area contributed by atoms with E-state index < -0.39 is 12.0 Å². The molecular formula is C25H26N2O4. The predicted molar refractivity (Wildman–Crippen MR) is 117 cm³/mol. The lowest BCUT2D eigenvalue weighted by Gasteiger charge is -2.31. The van der Waals surface area contributed by atoms with Gasteiger partial charge in [0.25, 0.3) is 0 Å². The summed E-state index contributed by atoms with van der Waals surface area (Å²) in [5.41, 5.74) is 2.81. The van der Waals surface area contributed by atoms with Crippen molar-refractivity contribution in [1.29, 1.82) is 0 Å². The Kier molecular flexibility index (Phi) is 6.48. The lowest BCUT2D eigenvalue weighted by Crippen LogP contribution is -2.39. The van der Waals surface area contributed by atoms with Gasteiger partial charge in [0.15, 0.2) is 11.5 Å². The molecule has 4 rings (SSSR count). The van der Waals surface area contributed by atoms with Crippen LogP contribution in [0.1, 0.15) is 35.7 Å². The van der Waals surface area contributed by atoms with E-state index in [1.807, 2.05) is 71.6 Å². The van der Waals surface area contributed by atoms with E-state index in [0.717, 1.165) is 23.2 Å². The highest BCUT2D eigenvalue weighted by molar-refractivity contribution is 5.74. The SMILES string of the molecule is COc1cc(C(c2ccccn2)N2CCCC2C(=O)O)ccc1OCc1ccccc1. The van der Waals surface area contributed by atoms with Crippen LogP contribution in [0.25, 0.3) is 0 Å². The summed E-state index contributed by atoms with van der Waals surface area (Å²) in [4.78, 5) is 18.4. The van der Waals surface area contributed by atoms with E-state index in [2.05, 4.69) is 4.98 Å². The number of aliphatic carboxylic acids is 1. The number of nitrogens with zero attached hydrogens (tertiary/aromatic N) is 2. The predicted octanol–water partition coefficient (Wildman–Crippen LogP) is 4.31. The molecule has 6 heteroatoms. The maximum Gasteiger partial charge on any atom is 0.320 e. The van der Waals surface area contributed by atoms with Crippen LogP contribution in [0.15, 0.2) is 72.9 Å². The summed E-state index contributed by atoms with van der Waals surface area (Å²) >= 11 is 0. The minimum atomic E-state index is -0.798. The van der Waals surface area contributed by atoms with E-state index >= 15 is 0 Å². The van der Waals surface area contributed by atoms with Gasteiger partial charge in [0.1, 0.15) is 12.6 Å². The van der Waals surface area contributed by atoms with E-state index in [9.17, 15) is 9.90 Å². The lowest BCUT2D eigenvalue weighted by atomic mass is 9.99. The number of rotatable bonds is 8. The van der Waals surface area contributed by atoms with Crippen LogP contribution in [0.3, 0.4) is 0 Å². The van der Waals surface area contributed by atoms with Crippen LogP contribution in [-0.2, 0) is 11.4 Å². The Labute approximate surface area is 182 Å². The van der Waals surface area contributed by atoms with Gasteiger partial charge in [0, 0.05) is 12.7 Å². The third-order valence-corrected chi connectivity index (χ3v) is 5.62. The van der Waals surface area contributed by atoms with Crippen molar-refractivity contribution in [3.63, 3.8) is 0 Å². The highest BCUT2D eigenvalue weighted by Crippen LogP contribution is 2.38. The third kappa shape index (κ3) is 4.70. The lowest BCUT2D eigenvalue weighted by molar-refractivity contribution is -0.142. The summed E-state index contributed by atoms with van der Waals surface area (Å²) in [6.07, 6.45) is 3.21. The number of carboxylic acid groups (broad SMARTS) is 1. The molecule has 0 aliphatic carbocycles. The van der Waals surface area contributed by atoms with E-state index in [4.69, 9.17) is 9.47 Å². The number of likely N-dealkylation sites (tertiary alicyclic amines) is 1. The fourth-order valence-corrected chi connectivity index (χ4v) is 4.14. The average molecular weight is 418 g/mol. The van der Waals surface area contributed by atoms with Crippen molar-refractivity contribution in [2.75, 3.05) is 13.7 Å². The monoisotopic (exact) mass is 418 g/mol. The third-order valence-electron chi connectivity index (χ3n) is 5.62. The van der Waals surface area contributed by atoms with Gasteiger partial charge in [-0.2, -0.15) is 0 Å². The number of carbonyl (C=O) groups is 1. The van der Waals surface area contributed by atoms with Crippen molar-refractivity contribution in [3.05, 3.63) is 89.7 Å². The molecule has 1 aliphatic heterocycles. The maximum absolute atomic E-state index is 11.9. The van der Waals surface area contributed by atoms with Gasteiger partial charge in [-0.1, -0.05) is 42.5 Å². The Morgan fingerprint density at radius 3 is 2.65 bits per heavy atom. The quantitative estimate of drug-likeness (QED) is 0.588. The zero-order chi connectivity index (χ0) is 21.6. The molecule has 160 valence electrons. The van der Waals surface area contributed by atoms with Crippen molar-refractivity contribution in [2.45, 2.75) is 31.5 Å². The number of aromatic nitrogens is 1. The molecule has 2 heterocycles. The standard InChI is InChI=1S/C25H26N2O4/c1-30-23-16-19(12-13-22(23)31-17-18-8-3-2-4-9-18)24(20-10-5-6-14-26-20)27-15-7-11-21(27)25(28)29/h2-6,8-10,12-14,16,21,24H,7,11,15,17H2,1H3,(H,28,29). The molecule has 0 radical (unpaired) electrons. The molecule has 0 spiro atoms. The first-order valence-electron chi connectivity index (χ1n) is 10.4. The molecule has 1 aliphatic rings. The van der Waals surface area contributed by atoms with E-state index in [0.29, 0.717) is 31.1 Å². The molecule has 0 saturated carbocycles. The van der Waals surface area contributed by atoms with Crippen molar-refractivity contribution < 1.29 is 19.4 Å². The van der Waals surface area contributed by atoms with Crippen molar-refractivity contribution >= 4 is 5.97 Å². The minimum absolute atomic E-state index is 0.276. The smallest absolute Gasteiger partial charge is 0.320 e. The molecule has 2 unspecified atom stereocenters. The zero-order valence-corrected chi connectivity index (χ0v) is 17.5. The molecule has 0 amide bonds. The van der Waals surface area contributed by atoms with Gasteiger partial charge in [-0.3, -0.25) is 14.7 Å². The Balaban J connectivity index is 1.66. The Morgan fingerprint density at radius 2 is 1.94 bits per heavy atom. The summed E-state index contributed by atoms with van der Waals surface area (Å²) in [5.74, 6) is 0.458. The maximum atomic E-state index is 11.9. The van der Waals surface area contributed by atoms with Crippen molar-refractivity contribution in [1.82, 2.24) is 9.88 Å². The van der Waals surface area contributed by atoms with E-state index in [-0.39, 0.29) is 6.04 Å². The van der Waals surface area contributed by atoms with Crippen LogP contribution >= 0.6 is 0 Å². The molecule has 6 nitrogen and oxygen atoms in total. The molecule has 1 fully saturated rings. The largest absolute Gasteiger partial charge is 0.493 e. The Morgan fingerprint density at radius 1 is 1.13 bits per heavy atom. The summed E-state index contributed by atoms with van der Waals surface area (Å²) < 4.78 is 11.6. The first kappa shape index (κ1) is 20.9. The van der Waals surface area contributed by atoms with E-state index in [1.165, 1.54) is 0 Å². The molecule has 1 N–H and O–H groups in total. The van der Waals surface area contributed by atoms with Crippen LogP contribution in [0, 0.1) is 0 Å². The van der Waals surface area contributed by atoms with Crippen LogP contribution in [0.4, 0.5) is 0 Å². The van der Waals surface area contributed by atoms with Gasteiger partial charge < -0.3 is 14.6 Å². The number of methoxy groups -OCH3 is 1. The van der Waals surface area contributed by atoms with Crippen molar-refractivity contribution in [2.24, 2.45) is 0 Å². The van der Waals surface area contributed by atoms with Crippen LogP contribution in [-0.4, -0.2) is 40.7 Å². The van der Waals surface area contributed by atoms with Crippen molar-refractivity contribution in [3.8, 4) is 11.5 Å². The van der Waals surface area contributed by atoms with Gasteiger partial charge in [-0.15, -0.1) is 0 Å². The minimum Gasteiger partial charge on any atom is -0.493 e. The topological polar surface area (TPSA) is 71.9 Å². The summed E-state index contributed by atoms with van der Waals surface area (Å²) in [6, 6.07) is 20.7. The number of ether oxygens (including phenoxy) is 2. The van der Waals surface area contributed by atoms with Crippen LogP contribution < -0.4 is 9.47 Å².